The predicted octanol–water partition coefficient (Wildman–Crippen LogP) is 3.27. The van der Waals surface area contributed by atoms with Gasteiger partial charge in [0.2, 0.25) is 0 Å². The van der Waals surface area contributed by atoms with E-state index in [4.69, 9.17) is 9.47 Å². The molecule has 0 saturated carbocycles. The van der Waals surface area contributed by atoms with E-state index in [1.165, 1.54) is 11.1 Å². The number of rotatable bonds is 7. The fraction of sp³-hybridized carbons (Fsp3) is 0.350. The molecule has 0 radical (unpaired) electrons. The number of ether oxygens (including phenoxy) is 2. The maximum absolute atomic E-state index is 5.62. The molecule has 0 aromatic heterocycles. The van der Waals surface area contributed by atoms with Crippen molar-refractivity contribution in [3.63, 3.8) is 0 Å². The summed E-state index contributed by atoms with van der Waals surface area (Å²) in [5.74, 6) is 2.26. The molecule has 0 spiro atoms. The van der Waals surface area contributed by atoms with Crippen LogP contribution in [0.3, 0.4) is 0 Å². The summed E-state index contributed by atoms with van der Waals surface area (Å²) in [5.41, 5.74) is 3.58. The molecule has 2 aromatic rings. The first-order valence-electron chi connectivity index (χ1n) is 8.46. The minimum atomic E-state index is 0.604. The lowest BCUT2D eigenvalue weighted by Crippen LogP contribution is -2.36. The lowest BCUT2D eigenvalue weighted by atomic mass is 10.1. The molecular formula is C20H27N3O2. The summed E-state index contributed by atoms with van der Waals surface area (Å²) in [6.07, 6.45) is 0. The fourth-order valence-corrected chi connectivity index (χ4v) is 2.51. The summed E-state index contributed by atoms with van der Waals surface area (Å²) < 4.78 is 10.9. The predicted molar refractivity (Wildman–Crippen MR) is 102 cm³/mol. The number of guanidine groups is 1. The van der Waals surface area contributed by atoms with Crippen molar-refractivity contribution in [2.24, 2.45) is 4.99 Å². The third-order valence-corrected chi connectivity index (χ3v) is 3.75. The first-order valence-corrected chi connectivity index (χ1v) is 8.46. The molecule has 0 aliphatic heterocycles. The molecular weight excluding hydrogens is 314 g/mol. The van der Waals surface area contributed by atoms with Gasteiger partial charge >= 0.3 is 0 Å². The first kappa shape index (κ1) is 18.6. The third-order valence-electron chi connectivity index (χ3n) is 3.75. The van der Waals surface area contributed by atoms with Gasteiger partial charge in [-0.1, -0.05) is 35.9 Å². The van der Waals surface area contributed by atoms with Crippen LogP contribution in [0, 0.1) is 6.92 Å². The van der Waals surface area contributed by atoms with Crippen LogP contribution in [0.5, 0.6) is 11.5 Å². The highest BCUT2D eigenvalue weighted by molar-refractivity contribution is 5.79. The van der Waals surface area contributed by atoms with Crippen LogP contribution < -0.4 is 20.1 Å². The van der Waals surface area contributed by atoms with Gasteiger partial charge in [0.25, 0.3) is 0 Å². The van der Waals surface area contributed by atoms with Gasteiger partial charge in [0.05, 0.1) is 13.7 Å². The highest BCUT2D eigenvalue weighted by Gasteiger charge is 2.06. The Morgan fingerprint density at radius 1 is 1.00 bits per heavy atom. The van der Waals surface area contributed by atoms with Crippen molar-refractivity contribution in [2.75, 3.05) is 20.8 Å². The van der Waals surface area contributed by atoms with Gasteiger partial charge in [-0.2, -0.15) is 0 Å². The zero-order valence-electron chi connectivity index (χ0n) is 15.4. The summed E-state index contributed by atoms with van der Waals surface area (Å²) >= 11 is 0. The zero-order valence-corrected chi connectivity index (χ0v) is 15.4. The Hall–Kier alpha value is -2.69. The van der Waals surface area contributed by atoms with Crippen LogP contribution in [0.2, 0.25) is 0 Å². The van der Waals surface area contributed by atoms with Crippen LogP contribution in [-0.2, 0) is 13.1 Å². The molecule has 0 aliphatic carbocycles. The van der Waals surface area contributed by atoms with E-state index in [0.29, 0.717) is 13.2 Å². The number of nitrogens with zero attached hydrogens (tertiary/aromatic N) is 1. The lowest BCUT2D eigenvalue weighted by molar-refractivity contribution is 0.310. The molecule has 134 valence electrons. The second-order valence-corrected chi connectivity index (χ2v) is 5.69. The minimum Gasteiger partial charge on any atom is -0.493 e. The van der Waals surface area contributed by atoms with Crippen LogP contribution in [0.4, 0.5) is 0 Å². The van der Waals surface area contributed by atoms with Crippen molar-refractivity contribution in [1.29, 1.82) is 0 Å². The Labute approximate surface area is 150 Å². The topological polar surface area (TPSA) is 54.9 Å². The average molecular weight is 341 g/mol. The standard InChI is InChI=1S/C20H27N3O2/c1-5-25-19-12-17(9-10-18(19)24-4)14-23-20(21-3)22-13-16-8-6-7-15(2)11-16/h6-12H,5,13-14H2,1-4H3,(H2,21,22,23). The van der Waals surface area contributed by atoms with E-state index in [2.05, 4.69) is 46.8 Å². The van der Waals surface area contributed by atoms with Crippen LogP contribution in [0.15, 0.2) is 47.5 Å². The second-order valence-electron chi connectivity index (χ2n) is 5.69. The highest BCUT2D eigenvalue weighted by Crippen LogP contribution is 2.27. The molecule has 2 aromatic carbocycles. The van der Waals surface area contributed by atoms with Gasteiger partial charge in [0, 0.05) is 20.1 Å². The summed E-state index contributed by atoms with van der Waals surface area (Å²) in [7, 11) is 3.41. The van der Waals surface area contributed by atoms with Gasteiger partial charge < -0.3 is 20.1 Å². The molecule has 0 heterocycles. The molecule has 5 heteroatoms. The van der Waals surface area contributed by atoms with E-state index >= 15 is 0 Å². The number of methoxy groups -OCH3 is 1. The van der Waals surface area contributed by atoms with Crippen LogP contribution in [0.25, 0.3) is 0 Å². The molecule has 0 unspecified atom stereocenters. The van der Waals surface area contributed by atoms with Gasteiger partial charge in [-0.25, -0.2) is 0 Å². The maximum Gasteiger partial charge on any atom is 0.191 e. The summed E-state index contributed by atoms with van der Waals surface area (Å²) in [6, 6.07) is 14.4. The lowest BCUT2D eigenvalue weighted by Gasteiger charge is -2.14. The van der Waals surface area contributed by atoms with E-state index in [0.717, 1.165) is 29.6 Å². The van der Waals surface area contributed by atoms with Gasteiger partial charge in [-0.15, -0.1) is 0 Å². The van der Waals surface area contributed by atoms with Crippen molar-refractivity contribution < 1.29 is 9.47 Å². The van der Waals surface area contributed by atoms with E-state index in [9.17, 15) is 0 Å². The smallest absolute Gasteiger partial charge is 0.191 e. The van der Waals surface area contributed by atoms with Gasteiger partial charge in [0.15, 0.2) is 17.5 Å². The number of aliphatic imine (C=N–C) groups is 1. The summed E-state index contributed by atoms with van der Waals surface area (Å²) in [4.78, 5) is 4.27. The zero-order chi connectivity index (χ0) is 18.1. The molecule has 25 heavy (non-hydrogen) atoms. The minimum absolute atomic E-state index is 0.604. The molecule has 5 nitrogen and oxygen atoms in total. The molecule has 0 bridgehead atoms. The molecule has 0 atom stereocenters. The summed E-state index contributed by atoms with van der Waals surface area (Å²) in [5, 5.41) is 6.65. The monoisotopic (exact) mass is 341 g/mol. The van der Waals surface area contributed by atoms with Crippen LogP contribution >= 0.6 is 0 Å². The van der Waals surface area contributed by atoms with E-state index in [1.54, 1.807) is 14.2 Å². The van der Waals surface area contributed by atoms with Crippen molar-refractivity contribution in [2.45, 2.75) is 26.9 Å². The molecule has 0 saturated heterocycles. The normalized spacial score (nSPS) is 11.1. The van der Waals surface area contributed by atoms with Crippen LogP contribution in [-0.4, -0.2) is 26.7 Å². The Morgan fingerprint density at radius 2 is 1.72 bits per heavy atom. The van der Waals surface area contributed by atoms with Crippen molar-refractivity contribution in [3.05, 3.63) is 59.2 Å². The van der Waals surface area contributed by atoms with Crippen molar-refractivity contribution in [1.82, 2.24) is 10.6 Å². The van der Waals surface area contributed by atoms with E-state index < -0.39 is 0 Å². The molecule has 0 amide bonds. The van der Waals surface area contributed by atoms with Crippen LogP contribution in [0.1, 0.15) is 23.6 Å². The van der Waals surface area contributed by atoms with E-state index in [1.807, 2.05) is 25.1 Å². The molecule has 0 fully saturated rings. The van der Waals surface area contributed by atoms with Crippen molar-refractivity contribution in [3.8, 4) is 11.5 Å². The largest absolute Gasteiger partial charge is 0.493 e. The Bertz CT molecular complexity index is 714. The van der Waals surface area contributed by atoms with Gasteiger partial charge in [0.1, 0.15) is 0 Å². The highest BCUT2D eigenvalue weighted by atomic mass is 16.5. The maximum atomic E-state index is 5.62. The Balaban J connectivity index is 1.93. The number of aryl methyl sites for hydroxylation is 1. The van der Waals surface area contributed by atoms with Gasteiger partial charge in [-0.05, 0) is 37.1 Å². The molecule has 2 rings (SSSR count). The summed E-state index contributed by atoms with van der Waals surface area (Å²) in [6.45, 7) is 6.04. The number of hydrogen-bond acceptors (Lipinski definition) is 3. The number of benzene rings is 2. The molecule has 0 aliphatic rings. The Morgan fingerprint density at radius 3 is 2.32 bits per heavy atom. The third kappa shape index (κ3) is 5.71. The van der Waals surface area contributed by atoms with Gasteiger partial charge in [-0.3, -0.25) is 4.99 Å². The van der Waals surface area contributed by atoms with E-state index in [-0.39, 0.29) is 0 Å². The average Bonchev–Trinajstić information content (AvgIpc) is 2.62. The van der Waals surface area contributed by atoms with Crippen molar-refractivity contribution >= 4 is 5.96 Å². The first-order chi connectivity index (χ1) is 12.2. The molecule has 2 N–H and O–H groups in total. The second kappa shape index (κ2) is 9.57. The SMILES string of the molecule is CCOc1cc(CNC(=NC)NCc2cccc(C)c2)ccc1OC. The fourth-order valence-electron chi connectivity index (χ4n) is 2.51. The number of hydrogen-bond donors (Lipinski definition) is 2. The number of nitrogens with one attached hydrogen (secondary N) is 2. The quantitative estimate of drug-likeness (QED) is 0.599. The Kier molecular flexibility index (Phi) is 7.14.